The molecule has 0 radical (unpaired) electrons. The van der Waals surface area contributed by atoms with E-state index in [2.05, 4.69) is 4.72 Å². The summed E-state index contributed by atoms with van der Waals surface area (Å²) in [6.45, 7) is 0.892. The summed E-state index contributed by atoms with van der Waals surface area (Å²) in [7, 11) is -3.78. The Morgan fingerprint density at radius 2 is 2.04 bits per heavy atom. The van der Waals surface area contributed by atoms with Crippen molar-refractivity contribution < 1.29 is 18.1 Å². The number of rotatable bonds is 6. The highest BCUT2D eigenvalue weighted by Gasteiger charge is 2.17. The highest BCUT2D eigenvalue weighted by Crippen LogP contribution is 2.26. The smallest absolute Gasteiger partial charge is 0.270 e. The molecule has 2 aromatic carbocycles. The fraction of sp³-hybridized carbons (Fsp3) is 0.250. The van der Waals surface area contributed by atoms with E-state index in [9.17, 15) is 18.5 Å². The van der Waals surface area contributed by atoms with Gasteiger partial charge < -0.3 is 4.74 Å². The Labute approximate surface area is 139 Å². The molecule has 1 N–H and O–H groups in total. The van der Waals surface area contributed by atoms with Crippen LogP contribution in [0.5, 0.6) is 5.75 Å². The zero-order valence-corrected chi connectivity index (χ0v) is 13.6. The maximum Gasteiger partial charge on any atom is 0.270 e. The molecule has 2 aromatic rings. The van der Waals surface area contributed by atoms with Crippen molar-refractivity contribution in [3.63, 3.8) is 0 Å². The van der Waals surface area contributed by atoms with Crippen molar-refractivity contribution >= 4 is 15.7 Å². The van der Waals surface area contributed by atoms with E-state index in [1.807, 2.05) is 18.2 Å². The zero-order valence-electron chi connectivity index (χ0n) is 12.8. The molecule has 24 heavy (non-hydrogen) atoms. The molecule has 0 atom stereocenters. The van der Waals surface area contributed by atoms with Gasteiger partial charge in [-0.05, 0) is 29.7 Å². The fourth-order valence-corrected chi connectivity index (χ4v) is 3.64. The molecule has 0 aliphatic carbocycles. The maximum atomic E-state index is 12.2. The van der Waals surface area contributed by atoms with E-state index in [0.717, 1.165) is 29.4 Å². The lowest BCUT2D eigenvalue weighted by molar-refractivity contribution is -0.385. The SMILES string of the molecule is O=[N+]([O-])c1cccc(S(=O)(=O)NCCc2ccc3c(c2)CCO3)c1. The normalized spacial score (nSPS) is 13.3. The van der Waals surface area contributed by atoms with Gasteiger partial charge in [-0.25, -0.2) is 13.1 Å². The minimum atomic E-state index is -3.78. The highest BCUT2D eigenvalue weighted by atomic mass is 32.2. The van der Waals surface area contributed by atoms with Gasteiger partial charge in [-0.2, -0.15) is 0 Å². The number of hydrogen-bond donors (Lipinski definition) is 1. The van der Waals surface area contributed by atoms with Crippen LogP contribution in [0.1, 0.15) is 11.1 Å². The van der Waals surface area contributed by atoms with Crippen molar-refractivity contribution in [3.05, 3.63) is 63.7 Å². The molecule has 0 bridgehead atoms. The summed E-state index contributed by atoms with van der Waals surface area (Å²) in [5, 5.41) is 10.8. The first kappa shape index (κ1) is 16.4. The Morgan fingerprint density at radius 3 is 2.83 bits per heavy atom. The number of benzene rings is 2. The topological polar surface area (TPSA) is 98.5 Å². The third-order valence-corrected chi connectivity index (χ3v) is 5.26. The molecule has 3 rings (SSSR count). The average molecular weight is 348 g/mol. The van der Waals surface area contributed by atoms with Gasteiger partial charge in [-0.3, -0.25) is 10.1 Å². The van der Waals surface area contributed by atoms with Crippen LogP contribution in [0.4, 0.5) is 5.69 Å². The highest BCUT2D eigenvalue weighted by molar-refractivity contribution is 7.89. The van der Waals surface area contributed by atoms with Crippen molar-refractivity contribution in [1.82, 2.24) is 4.72 Å². The third-order valence-electron chi connectivity index (χ3n) is 3.80. The Kier molecular flexibility index (Phi) is 4.50. The third kappa shape index (κ3) is 3.55. The number of hydrogen-bond acceptors (Lipinski definition) is 5. The van der Waals surface area contributed by atoms with Crippen LogP contribution < -0.4 is 9.46 Å². The number of nitrogens with zero attached hydrogens (tertiary/aromatic N) is 1. The molecule has 0 amide bonds. The van der Waals surface area contributed by atoms with Crippen LogP contribution in [0.2, 0.25) is 0 Å². The van der Waals surface area contributed by atoms with Crippen LogP contribution in [-0.4, -0.2) is 26.5 Å². The number of nitro benzene ring substituents is 1. The first-order valence-corrected chi connectivity index (χ1v) is 8.93. The van der Waals surface area contributed by atoms with Gasteiger partial charge in [0.2, 0.25) is 10.0 Å². The summed E-state index contributed by atoms with van der Waals surface area (Å²) in [5.74, 6) is 0.885. The van der Waals surface area contributed by atoms with Crippen molar-refractivity contribution in [2.75, 3.05) is 13.2 Å². The quantitative estimate of drug-likeness (QED) is 0.636. The van der Waals surface area contributed by atoms with Gasteiger partial charge in [0.05, 0.1) is 16.4 Å². The average Bonchev–Trinajstić information content (AvgIpc) is 3.02. The molecule has 0 unspecified atom stereocenters. The van der Waals surface area contributed by atoms with Gasteiger partial charge in [-0.15, -0.1) is 0 Å². The number of ether oxygens (including phenoxy) is 1. The lowest BCUT2D eigenvalue weighted by Crippen LogP contribution is -2.26. The summed E-state index contributed by atoms with van der Waals surface area (Å²) < 4.78 is 32.4. The molecule has 0 saturated carbocycles. The minimum absolute atomic E-state index is 0.112. The molecule has 1 heterocycles. The molecular weight excluding hydrogens is 332 g/mol. The largest absolute Gasteiger partial charge is 0.493 e. The van der Waals surface area contributed by atoms with Gasteiger partial charge in [0.1, 0.15) is 5.75 Å². The summed E-state index contributed by atoms with van der Waals surface area (Å²) in [4.78, 5) is 10.0. The van der Waals surface area contributed by atoms with Crippen molar-refractivity contribution in [2.45, 2.75) is 17.7 Å². The van der Waals surface area contributed by atoms with E-state index >= 15 is 0 Å². The molecule has 126 valence electrons. The van der Waals surface area contributed by atoms with E-state index in [1.165, 1.54) is 18.2 Å². The van der Waals surface area contributed by atoms with Crippen LogP contribution >= 0.6 is 0 Å². The predicted molar refractivity (Wildman–Crippen MR) is 87.6 cm³/mol. The van der Waals surface area contributed by atoms with Gasteiger partial charge in [0.25, 0.3) is 5.69 Å². The Balaban J connectivity index is 1.65. The predicted octanol–water partition coefficient (Wildman–Crippen LogP) is 2.05. The monoisotopic (exact) mass is 348 g/mol. The number of nitrogens with one attached hydrogen (secondary N) is 1. The maximum absolute atomic E-state index is 12.2. The van der Waals surface area contributed by atoms with Crippen molar-refractivity contribution in [1.29, 1.82) is 0 Å². The molecule has 0 saturated heterocycles. The zero-order chi connectivity index (χ0) is 17.2. The summed E-state index contributed by atoms with van der Waals surface area (Å²) >= 11 is 0. The van der Waals surface area contributed by atoms with E-state index < -0.39 is 14.9 Å². The second-order valence-electron chi connectivity index (χ2n) is 5.44. The van der Waals surface area contributed by atoms with Crippen molar-refractivity contribution in [2.24, 2.45) is 0 Å². The number of nitro groups is 1. The molecule has 0 aromatic heterocycles. The van der Waals surface area contributed by atoms with E-state index in [4.69, 9.17) is 4.74 Å². The standard InChI is InChI=1S/C16H16N2O5S/c19-18(20)14-2-1-3-15(11-14)24(21,22)17-8-6-12-4-5-16-13(10-12)7-9-23-16/h1-5,10-11,17H,6-9H2. The van der Waals surface area contributed by atoms with Crippen LogP contribution in [-0.2, 0) is 22.9 Å². The van der Waals surface area contributed by atoms with Gasteiger partial charge in [0, 0.05) is 25.1 Å². The van der Waals surface area contributed by atoms with Gasteiger partial charge in [0.15, 0.2) is 0 Å². The number of sulfonamides is 1. The van der Waals surface area contributed by atoms with Gasteiger partial charge in [-0.1, -0.05) is 18.2 Å². The molecule has 7 nitrogen and oxygen atoms in total. The molecule has 0 spiro atoms. The summed E-state index contributed by atoms with van der Waals surface area (Å²) in [6.07, 6.45) is 1.39. The van der Waals surface area contributed by atoms with Crippen LogP contribution in [0.15, 0.2) is 47.4 Å². The lowest BCUT2D eigenvalue weighted by atomic mass is 10.1. The van der Waals surface area contributed by atoms with Crippen molar-refractivity contribution in [3.8, 4) is 5.75 Å². The van der Waals surface area contributed by atoms with Crippen LogP contribution in [0, 0.1) is 10.1 Å². The second kappa shape index (κ2) is 6.58. The molecule has 1 aliphatic heterocycles. The summed E-state index contributed by atoms with van der Waals surface area (Å²) in [5.41, 5.74) is 1.89. The fourth-order valence-electron chi connectivity index (χ4n) is 2.57. The summed E-state index contributed by atoms with van der Waals surface area (Å²) in [6, 6.07) is 10.8. The van der Waals surface area contributed by atoms with E-state index in [-0.39, 0.29) is 17.1 Å². The van der Waals surface area contributed by atoms with E-state index in [0.29, 0.717) is 13.0 Å². The molecule has 0 fully saturated rings. The molecular formula is C16H16N2O5S. The van der Waals surface area contributed by atoms with Crippen LogP contribution in [0.3, 0.4) is 0 Å². The number of fused-ring (bicyclic) bond motifs is 1. The first-order chi connectivity index (χ1) is 11.5. The van der Waals surface area contributed by atoms with Crippen LogP contribution in [0.25, 0.3) is 0 Å². The Morgan fingerprint density at radius 1 is 1.21 bits per heavy atom. The molecule has 8 heteroatoms. The Bertz CT molecular complexity index is 880. The molecule has 1 aliphatic rings. The van der Waals surface area contributed by atoms with Gasteiger partial charge >= 0.3 is 0 Å². The second-order valence-corrected chi connectivity index (χ2v) is 7.21. The first-order valence-electron chi connectivity index (χ1n) is 7.44. The lowest BCUT2D eigenvalue weighted by Gasteiger charge is -2.08. The van der Waals surface area contributed by atoms with E-state index in [1.54, 1.807) is 0 Å². The number of non-ortho nitro benzene ring substituents is 1. The Hall–Kier alpha value is -2.45. The minimum Gasteiger partial charge on any atom is -0.493 e.